The van der Waals surface area contributed by atoms with Gasteiger partial charge in [0.15, 0.2) is 0 Å². The fraction of sp³-hybridized carbons (Fsp3) is 0.261. The van der Waals surface area contributed by atoms with Crippen molar-refractivity contribution in [3.05, 3.63) is 78.1 Å². The summed E-state index contributed by atoms with van der Waals surface area (Å²) in [6.45, 7) is 4.50. The normalized spacial score (nSPS) is 10.6. The minimum absolute atomic E-state index is 0.0355. The molecule has 6 heteroatoms. The van der Waals surface area contributed by atoms with E-state index in [4.69, 9.17) is 0 Å². The van der Waals surface area contributed by atoms with Gasteiger partial charge in [-0.15, -0.1) is 0 Å². The molecule has 0 aliphatic carbocycles. The molecule has 0 atom stereocenters. The molecule has 0 aliphatic rings. The number of para-hydroxylation sites is 2. The van der Waals surface area contributed by atoms with Crippen molar-refractivity contribution in [3.63, 3.8) is 0 Å². The number of hydrogen-bond acceptors (Lipinski definition) is 3. The molecule has 1 heterocycles. The van der Waals surface area contributed by atoms with E-state index in [-0.39, 0.29) is 24.8 Å². The van der Waals surface area contributed by atoms with Gasteiger partial charge in [0.2, 0.25) is 11.8 Å². The molecule has 1 aromatic heterocycles. The number of nitrogens with zero attached hydrogens (tertiary/aromatic N) is 3. The van der Waals surface area contributed by atoms with Crippen LogP contribution in [0.2, 0.25) is 0 Å². The Hall–Kier alpha value is -3.41. The number of benzene rings is 2. The van der Waals surface area contributed by atoms with Crippen molar-refractivity contribution >= 4 is 17.5 Å². The van der Waals surface area contributed by atoms with Gasteiger partial charge in [0.25, 0.3) is 0 Å². The second-order valence-corrected chi connectivity index (χ2v) is 6.98. The van der Waals surface area contributed by atoms with Crippen LogP contribution in [-0.4, -0.2) is 39.6 Å². The molecule has 0 saturated heterocycles. The smallest absolute Gasteiger partial charge is 0.244 e. The Kier molecular flexibility index (Phi) is 6.79. The Bertz CT molecular complexity index is 966. The van der Waals surface area contributed by atoms with Gasteiger partial charge in [-0.3, -0.25) is 9.59 Å². The summed E-state index contributed by atoms with van der Waals surface area (Å²) >= 11 is 0. The quantitative estimate of drug-likeness (QED) is 0.639. The number of carbonyl (C=O) groups is 2. The Morgan fingerprint density at radius 2 is 1.79 bits per heavy atom. The van der Waals surface area contributed by atoms with Crippen LogP contribution in [-0.2, 0) is 16.0 Å². The molecule has 0 bridgehead atoms. The molecule has 1 N–H and O–H groups in total. The van der Waals surface area contributed by atoms with E-state index in [0.29, 0.717) is 6.54 Å². The maximum atomic E-state index is 12.8. The summed E-state index contributed by atoms with van der Waals surface area (Å²) in [4.78, 5) is 26.9. The molecule has 2 amide bonds. The van der Waals surface area contributed by atoms with Crippen LogP contribution in [0.5, 0.6) is 0 Å². The van der Waals surface area contributed by atoms with Crippen LogP contribution in [0.4, 0.5) is 5.69 Å². The van der Waals surface area contributed by atoms with E-state index < -0.39 is 0 Å². The van der Waals surface area contributed by atoms with Gasteiger partial charge in [-0.1, -0.05) is 43.3 Å². The predicted octanol–water partition coefficient (Wildman–Crippen LogP) is 3.60. The summed E-state index contributed by atoms with van der Waals surface area (Å²) in [5.74, 6) is -0.277. The van der Waals surface area contributed by atoms with Crippen molar-refractivity contribution in [1.29, 1.82) is 0 Å². The van der Waals surface area contributed by atoms with Crippen molar-refractivity contribution in [3.8, 4) is 5.69 Å². The first-order valence-electron chi connectivity index (χ1n) is 9.79. The van der Waals surface area contributed by atoms with Crippen LogP contribution in [0.15, 0.2) is 67.0 Å². The van der Waals surface area contributed by atoms with Crippen LogP contribution < -0.4 is 5.32 Å². The molecular weight excluding hydrogens is 364 g/mol. The van der Waals surface area contributed by atoms with Crippen molar-refractivity contribution in [1.82, 2.24) is 14.7 Å². The predicted molar refractivity (Wildman–Crippen MR) is 114 cm³/mol. The zero-order valence-electron chi connectivity index (χ0n) is 16.8. The molecule has 3 aromatic rings. The van der Waals surface area contributed by atoms with Gasteiger partial charge in [-0.2, -0.15) is 5.10 Å². The lowest BCUT2D eigenvalue weighted by molar-refractivity contribution is -0.134. The molecular formula is C23H26N4O2. The standard InChI is InChI=1S/C23H26N4O2/c1-3-13-26(17-22(28)25-21-12-8-7-9-18(21)2)23(29)14-19-15-24-27(16-19)20-10-5-4-6-11-20/h4-12,15-16H,3,13-14,17H2,1-2H3,(H,25,28). The highest BCUT2D eigenvalue weighted by Gasteiger charge is 2.18. The van der Waals surface area contributed by atoms with E-state index in [1.54, 1.807) is 15.8 Å². The summed E-state index contributed by atoms with van der Waals surface area (Å²) in [6.07, 6.45) is 4.55. The fourth-order valence-corrected chi connectivity index (χ4v) is 3.10. The third-order valence-corrected chi connectivity index (χ3v) is 4.61. The van der Waals surface area contributed by atoms with Gasteiger partial charge in [-0.05, 0) is 42.7 Å². The lowest BCUT2D eigenvalue weighted by atomic mass is 10.2. The van der Waals surface area contributed by atoms with Gasteiger partial charge in [0.1, 0.15) is 0 Å². The van der Waals surface area contributed by atoms with Gasteiger partial charge < -0.3 is 10.2 Å². The summed E-state index contributed by atoms with van der Waals surface area (Å²) in [5, 5.41) is 7.23. The van der Waals surface area contributed by atoms with E-state index in [1.807, 2.05) is 74.6 Å². The number of aromatic nitrogens is 2. The first-order chi connectivity index (χ1) is 14.1. The monoisotopic (exact) mass is 390 g/mol. The SMILES string of the molecule is CCCN(CC(=O)Nc1ccccc1C)C(=O)Cc1cnn(-c2ccccc2)c1. The Morgan fingerprint density at radius 1 is 1.07 bits per heavy atom. The molecule has 0 unspecified atom stereocenters. The van der Waals surface area contributed by atoms with E-state index in [2.05, 4.69) is 10.4 Å². The Labute approximate surface area is 171 Å². The number of hydrogen-bond donors (Lipinski definition) is 1. The van der Waals surface area contributed by atoms with Crippen LogP contribution in [0.25, 0.3) is 5.69 Å². The summed E-state index contributed by atoms with van der Waals surface area (Å²) in [6, 6.07) is 17.3. The lowest BCUT2D eigenvalue weighted by Crippen LogP contribution is -2.39. The Balaban J connectivity index is 1.63. The van der Waals surface area contributed by atoms with E-state index >= 15 is 0 Å². The van der Waals surface area contributed by atoms with Gasteiger partial charge in [-0.25, -0.2) is 4.68 Å². The van der Waals surface area contributed by atoms with Gasteiger partial charge >= 0.3 is 0 Å². The van der Waals surface area contributed by atoms with Crippen molar-refractivity contribution in [2.24, 2.45) is 0 Å². The highest BCUT2D eigenvalue weighted by Crippen LogP contribution is 2.13. The number of nitrogens with one attached hydrogen (secondary N) is 1. The largest absolute Gasteiger partial charge is 0.333 e. The number of carbonyl (C=O) groups excluding carboxylic acids is 2. The first kappa shape index (κ1) is 20.3. The van der Waals surface area contributed by atoms with E-state index in [9.17, 15) is 9.59 Å². The first-order valence-corrected chi connectivity index (χ1v) is 9.79. The van der Waals surface area contributed by atoms with Crippen LogP contribution in [0.1, 0.15) is 24.5 Å². The maximum Gasteiger partial charge on any atom is 0.244 e. The summed E-state index contributed by atoms with van der Waals surface area (Å²) < 4.78 is 1.75. The molecule has 0 spiro atoms. The third-order valence-electron chi connectivity index (χ3n) is 4.61. The zero-order chi connectivity index (χ0) is 20.6. The Morgan fingerprint density at radius 3 is 2.52 bits per heavy atom. The molecule has 0 fully saturated rings. The van der Waals surface area contributed by atoms with Crippen molar-refractivity contribution in [2.75, 3.05) is 18.4 Å². The number of anilines is 1. The van der Waals surface area contributed by atoms with Crippen molar-refractivity contribution < 1.29 is 9.59 Å². The molecule has 0 aliphatic heterocycles. The summed E-state index contributed by atoms with van der Waals surface area (Å²) in [5.41, 5.74) is 3.52. The number of amides is 2. The highest BCUT2D eigenvalue weighted by atomic mass is 16.2. The number of aryl methyl sites for hydroxylation is 1. The number of rotatable bonds is 8. The third kappa shape index (κ3) is 5.54. The van der Waals surface area contributed by atoms with E-state index in [1.165, 1.54) is 0 Å². The molecule has 2 aromatic carbocycles. The highest BCUT2D eigenvalue weighted by molar-refractivity contribution is 5.95. The molecule has 29 heavy (non-hydrogen) atoms. The zero-order valence-corrected chi connectivity index (χ0v) is 16.8. The average molecular weight is 390 g/mol. The van der Waals surface area contributed by atoms with Crippen LogP contribution >= 0.6 is 0 Å². The summed E-state index contributed by atoms with van der Waals surface area (Å²) in [7, 11) is 0. The molecule has 3 rings (SSSR count). The minimum atomic E-state index is -0.193. The molecule has 6 nitrogen and oxygen atoms in total. The maximum absolute atomic E-state index is 12.8. The van der Waals surface area contributed by atoms with E-state index in [0.717, 1.165) is 28.9 Å². The molecule has 0 radical (unpaired) electrons. The molecule has 0 saturated carbocycles. The van der Waals surface area contributed by atoms with Gasteiger partial charge in [0.05, 0.1) is 24.8 Å². The van der Waals surface area contributed by atoms with Crippen LogP contribution in [0.3, 0.4) is 0 Å². The molecule has 150 valence electrons. The minimum Gasteiger partial charge on any atom is -0.333 e. The second kappa shape index (κ2) is 9.68. The second-order valence-electron chi connectivity index (χ2n) is 6.98. The van der Waals surface area contributed by atoms with Gasteiger partial charge in [0, 0.05) is 18.4 Å². The van der Waals surface area contributed by atoms with Crippen LogP contribution in [0, 0.1) is 6.92 Å². The fourth-order valence-electron chi connectivity index (χ4n) is 3.10. The topological polar surface area (TPSA) is 67.2 Å². The lowest BCUT2D eigenvalue weighted by Gasteiger charge is -2.21. The average Bonchev–Trinajstić information content (AvgIpc) is 3.18. The van der Waals surface area contributed by atoms with Crippen molar-refractivity contribution in [2.45, 2.75) is 26.7 Å².